The molecule has 0 aliphatic carbocycles. The molecule has 0 saturated carbocycles. The predicted octanol–water partition coefficient (Wildman–Crippen LogP) is 1.74. The van der Waals surface area contributed by atoms with Crippen LogP contribution in [-0.2, 0) is 11.2 Å². The van der Waals surface area contributed by atoms with E-state index in [-0.39, 0.29) is 12.0 Å². The van der Waals surface area contributed by atoms with Crippen molar-refractivity contribution in [2.75, 3.05) is 0 Å². The van der Waals surface area contributed by atoms with Gasteiger partial charge < -0.3 is 5.73 Å². The fourth-order valence-corrected chi connectivity index (χ4v) is 1.18. The zero-order valence-electron chi connectivity index (χ0n) is 7.44. The number of nitrogens with two attached hydrogens (primary N) is 1. The number of alkyl halides is 1. The first kappa shape index (κ1) is 11.8. The molecule has 0 aromatic heterocycles. The molecule has 1 amide bonds. The third-order valence-electron chi connectivity index (χ3n) is 1.82. The van der Waals surface area contributed by atoms with Gasteiger partial charge in [-0.3, -0.25) is 4.79 Å². The molecule has 0 saturated heterocycles. The molecule has 6 heteroatoms. The zero-order valence-corrected chi connectivity index (χ0v) is 8.19. The van der Waals surface area contributed by atoms with Crippen LogP contribution >= 0.6 is 11.6 Å². The molecular weight excluding hydrogens is 231 g/mol. The summed E-state index contributed by atoms with van der Waals surface area (Å²) in [5, 5.41) is -1.15. The highest BCUT2D eigenvalue weighted by Gasteiger charge is 2.18. The normalized spacial score (nSPS) is 12.5. The van der Waals surface area contributed by atoms with Crippen molar-refractivity contribution in [1.82, 2.24) is 0 Å². The summed E-state index contributed by atoms with van der Waals surface area (Å²) in [5.74, 6) is -5.06. The van der Waals surface area contributed by atoms with Crippen molar-refractivity contribution in [2.24, 2.45) is 5.73 Å². The molecule has 82 valence electrons. The van der Waals surface area contributed by atoms with Gasteiger partial charge >= 0.3 is 0 Å². The molecule has 1 atom stereocenters. The monoisotopic (exact) mass is 237 g/mol. The van der Waals surface area contributed by atoms with Crippen LogP contribution in [0.5, 0.6) is 0 Å². The highest BCUT2D eigenvalue weighted by Crippen LogP contribution is 2.17. The minimum Gasteiger partial charge on any atom is -0.368 e. The average molecular weight is 238 g/mol. The fraction of sp³-hybridized carbons (Fsp3) is 0.222. The topological polar surface area (TPSA) is 43.1 Å². The summed E-state index contributed by atoms with van der Waals surface area (Å²) in [6, 6.07) is 1.78. The Labute approximate surface area is 88.8 Å². The summed E-state index contributed by atoms with van der Waals surface area (Å²) < 4.78 is 38.3. The largest absolute Gasteiger partial charge is 0.368 e. The maximum Gasteiger partial charge on any atom is 0.235 e. The van der Waals surface area contributed by atoms with Gasteiger partial charge in [-0.15, -0.1) is 11.6 Å². The molecule has 2 N–H and O–H groups in total. The Morgan fingerprint density at radius 2 is 1.93 bits per heavy atom. The third-order valence-corrected chi connectivity index (χ3v) is 2.19. The molecule has 0 heterocycles. The van der Waals surface area contributed by atoms with Crippen LogP contribution in [0.2, 0.25) is 0 Å². The number of rotatable bonds is 3. The second-order valence-electron chi connectivity index (χ2n) is 2.91. The molecule has 0 bridgehead atoms. The van der Waals surface area contributed by atoms with Gasteiger partial charge in [-0.05, 0) is 11.6 Å². The number of halogens is 4. The summed E-state index contributed by atoms with van der Waals surface area (Å²) in [6.45, 7) is 0. The quantitative estimate of drug-likeness (QED) is 0.632. The van der Waals surface area contributed by atoms with E-state index in [9.17, 15) is 18.0 Å². The molecule has 1 aromatic carbocycles. The third kappa shape index (κ3) is 2.62. The maximum absolute atomic E-state index is 13.1. The van der Waals surface area contributed by atoms with Gasteiger partial charge in [-0.1, -0.05) is 6.07 Å². The molecule has 2 nitrogen and oxygen atoms in total. The first-order valence-electron chi connectivity index (χ1n) is 3.99. The molecule has 0 radical (unpaired) electrons. The second-order valence-corrected chi connectivity index (χ2v) is 3.44. The van der Waals surface area contributed by atoms with Gasteiger partial charge in [0.05, 0.1) is 0 Å². The minimum atomic E-state index is -1.58. The van der Waals surface area contributed by atoms with Crippen LogP contribution in [0.15, 0.2) is 12.1 Å². The number of hydrogen-bond donors (Lipinski definition) is 1. The Bertz CT molecular complexity index is 397. The standard InChI is InChI=1S/C9H7ClF3NO/c10-5(9(14)15)3-4-1-2-6(11)8(13)7(4)12/h1-2,5H,3H2,(H2,14,15). The lowest BCUT2D eigenvalue weighted by Gasteiger charge is -2.07. The smallest absolute Gasteiger partial charge is 0.235 e. The van der Waals surface area contributed by atoms with Gasteiger partial charge in [-0.25, -0.2) is 13.2 Å². The van der Waals surface area contributed by atoms with Crippen molar-refractivity contribution in [2.45, 2.75) is 11.8 Å². The van der Waals surface area contributed by atoms with E-state index in [2.05, 4.69) is 0 Å². The van der Waals surface area contributed by atoms with Crippen LogP contribution in [0, 0.1) is 17.5 Å². The lowest BCUT2D eigenvalue weighted by atomic mass is 10.1. The fourth-order valence-electron chi connectivity index (χ4n) is 1.02. The van der Waals surface area contributed by atoms with Crippen molar-refractivity contribution in [1.29, 1.82) is 0 Å². The minimum absolute atomic E-state index is 0.187. The van der Waals surface area contributed by atoms with Crippen LogP contribution < -0.4 is 5.73 Å². The van der Waals surface area contributed by atoms with Crippen LogP contribution in [0.25, 0.3) is 0 Å². The van der Waals surface area contributed by atoms with Gasteiger partial charge in [-0.2, -0.15) is 0 Å². The van der Waals surface area contributed by atoms with E-state index in [0.29, 0.717) is 0 Å². The van der Waals surface area contributed by atoms with E-state index in [1.165, 1.54) is 0 Å². The molecule has 1 rings (SSSR count). The summed E-state index contributed by atoms with van der Waals surface area (Å²) in [5.41, 5.74) is 4.65. The van der Waals surface area contributed by atoms with E-state index < -0.39 is 28.7 Å². The van der Waals surface area contributed by atoms with Gasteiger partial charge in [0.2, 0.25) is 5.91 Å². The van der Waals surface area contributed by atoms with E-state index in [1.54, 1.807) is 0 Å². The van der Waals surface area contributed by atoms with Crippen LogP contribution in [-0.4, -0.2) is 11.3 Å². The number of benzene rings is 1. The first-order valence-corrected chi connectivity index (χ1v) is 4.43. The number of hydrogen-bond acceptors (Lipinski definition) is 1. The van der Waals surface area contributed by atoms with E-state index in [4.69, 9.17) is 17.3 Å². The molecule has 1 aromatic rings. The number of carbonyl (C=O) groups is 1. The lowest BCUT2D eigenvalue weighted by Crippen LogP contribution is -2.26. The van der Waals surface area contributed by atoms with Crippen LogP contribution in [0.1, 0.15) is 5.56 Å². The second kappa shape index (κ2) is 4.53. The Morgan fingerprint density at radius 3 is 2.47 bits per heavy atom. The van der Waals surface area contributed by atoms with Crippen LogP contribution in [0.4, 0.5) is 13.2 Å². The lowest BCUT2D eigenvalue weighted by molar-refractivity contribution is -0.117. The Hall–Kier alpha value is -1.23. The highest BCUT2D eigenvalue weighted by molar-refractivity contribution is 6.30. The highest BCUT2D eigenvalue weighted by atomic mass is 35.5. The summed E-state index contributed by atoms with van der Waals surface area (Å²) in [4.78, 5) is 10.6. The maximum atomic E-state index is 13.1. The molecule has 0 spiro atoms. The SMILES string of the molecule is NC(=O)C(Cl)Cc1ccc(F)c(F)c1F. The number of amides is 1. The van der Waals surface area contributed by atoms with E-state index in [0.717, 1.165) is 12.1 Å². The van der Waals surface area contributed by atoms with Crippen molar-refractivity contribution in [3.8, 4) is 0 Å². The molecule has 0 fully saturated rings. The molecule has 15 heavy (non-hydrogen) atoms. The van der Waals surface area contributed by atoms with Crippen molar-refractivity contribution < 1.29 is 18.0 Å². The number of primary amides is 1. The number of carbonyl (C=O) groups excluding carboxylic acids is 1. The van der Waals surface area contributed by atoms with Crippen molar-refractivity contribution >= 4 is 17.5 Å². The molecule has 0 aliphatic heterocycles. The van der Waals surface area contributed by atoms with Crippen LogP contribution in [0.3, 0.4) is 0 Å². The Balaban J connectivity index is 2.97. The van der Waals surface area contributed by atoms with Crippen molar-refractivity contribution in [3.05, 3.63) is 35.1 Å². The molecular formula is C9H7ClF3NO. The Morgan fingerprint density at radius 1 is 1.33 bits per heavy atom. The predicted molar refractivity (Wildman–Crippen MR) is 48.9 cm³/mol. The van der Waals surface area contributed by atoms with Gasteiger partial charge in [0.1, 0.15) is 5.38 Å². The Kier molecular flexibility index (Phi) is 3.57. The van der Waals surface area contributed by atoms with Crippen molar-refractivity contribution in [3.63, 3.8) is 0 Å². The van der Waals surface area contributed by atoms with Gasteiger partial charge in [0.15, 0.2) is 17.5 Å². The molecule has 1 unspecified atom stereocenters. The summed E-state index contributed by atoms with van der Waals surface area (Å²) in [6.07, 6.45) is -0.278. The summed E-state index contributed by atoms with van der Waals surface area (Å²) in [7, 11) is 0. The van der Waals surface area contributed by atoms with Gasteiger partial charge in [0.25, 0.3) is 0 Å². The first-order chi connectivity index (χ1) is 6.93. The van der Waals surface area contributed by atoms with E-state index in [1.807, 2.05) is 0 Å². The zero-order chi connectivity index (χ0) is 11.6. The van der Waals surface area contributed by atoms with Gasteiger partial charge in [0, 0.05) is 6.42 Å². The summed E-state index contributed by atoms with van der Waals surface area (Å²) >= 11 is 5.46. The molecule has 0 aliphatic rings. The average Bonchev–Trinajstić information content (AvgIpc) is 2.18. The van der Waals surface area contributed by atoms with E-state index >= 15 is 0 Å².